The van der Waals surface area contributed by atoms with E-state index < -0.39 is 0 Å². The van der Waals surface area contributed by atoms with Crippen LogP contribution in [0.5, 0.6) is 0 Å². The summed E-state index contributed by atoms with van der Waals surface area (Å²) in [5, 5.41) is 2.46. The second-order valence-corrected chi connectivity index (χ2v) is 14.4. The molecule has 9 aromatic carbocycles. The molecule has 0 saturated carbocycles. The molecule has 10 aromatic rings. The third kappa shape index (κ3) is 6.87. The molecule has 0 saturated heterocycles. The Morgan fingerprint density at radius 2 is 0.603 bits per heavy atom. The zero-order valence-corrected chi connectivity index (χ0v) is 31.7. The molecule has 0 unspecified atom stereocenters. The molecule has 0 amide bonds. The van der Waals surface area contributed by atoms with Crippen LogP contribution in [0.25, 0.3) is 101 Å². The second kappa shape index (κ2) is 15.4. The maximum atomic E-state index is 5.26. The van der Waals surface area contributed by atoms with Gasteiger partial charge in [0.05, 0.1) is 0 Å². The molecular formula is C55H37N3. The minimum absolute atomic E-state index is 0.613. The van der Waals surface area contributed by atoms with Crippen molar-refractivity contribution in [2.45, 2.75) is 0 Å². The molecule has 0 spiro atoms. The second-order valence-electron chi connectivity index (χ2n) is 14.4. The van der Waals surface area contributed by atoms with Crippen molar-refractivity contribution in [3.63, 3.8) is 0 Å². The zero-order chi connectivity index (χ0) is 38.7. The first-order valence-electron chi connectivity index (χ1n) is 19.6. The molecule has 1 heterocycles. The van der Waals surface area contributed by atoms with Gasteiger partial charge in [0.15, 0.2) is 17.5 Å². The molecule has 272 valence electrons. The van der Waals surface area contributed by atoms with Gasteiger partial charge in [-0.2, -0.15) is 0 Å². The summed E-state index contributed by atoms with van der Waals surface area (Å²) < 4.78 is 0. The van der Waals surface area contributed by atoms with Crippen molar-refractivity contribution in [1.82, 2.24) is 15.0 Å². The van der Waals surface area contributed by atoms with E-state index in [0.29, 0.717) is 17.5 Å². The Labute approximate surface area is 338 Å². The van der Waals surface area contributed by atoms with E-state index in [1.807, 2.05) is 12.1 Å². The molecule has 58 heavy (non-hydrogen) atoms. The number of hydrogen-bond donors (Lipinski definition) is 0. The Morgan fingerprint density at radius 3 is 1.21 bits per heavy atom. The summed E-state index contributed by atoms with van der Waals surface area (Å²) in [5.74, 6) is 1.86. The number of rotatable bonds is 8. The van der Waals surface area contributed by atoms with Gasteiger partial charge in [0.1, 0.15) is 0 Å². The van der Waals surface area contributed by atoms with E-state index >= 15 is 0 Å². The van der Waals surface area contributed by atoms with Crippen LogP contribution in [0.3, 0.4) is 0 Å². The fraction of sp³-hybridized carbons (Fsp3) is 0. The van der Waals surface area contributed by atoms with Gasteiger partial charge in [-0.1, -0.05) is 206 Å². The maximum absolute atomic E-state index is 5.26. The first kappa shape index (κ1) is 34.7. The third-order valence-corrected chi connectivity index (χ3v) is 10.8. The molecule has 0 N–H and O–H groups in total. The van der Waals surface area contributed by atoms with Gasteiger partial charge in [0, 0.05) is 16.7 Å². The van der Waals surface area contributed by atoms with Gasteiger partial charge in [0.25, 0.3) is 0 Å². The highest BCUT2D eigenvalue weighted by Crippen LogP contribution is 2.39. The van der Waals surface area contributed by atoms with E-state index in [4.69, 9.17) is 15.0 Å². The number of nitrogens with zero attached hydrogens (tertiary/aromatic N) is 3. The van der Waals surface area contributed by atoms with Crippen LogP contribution < -0.4 is 0 Å². The summed E-state index contributed by atoms with van der Waals surface area (Å²) in [5.41, 5.74) is 14.0. The summed E-state index contributed by atoms with van der Waals surface area (Å²) in [6.45, 7) is 0. The van der Waals surface area contributed by atoms with Crippen molar-refractivity contribution in [1.29, 1.82) is 0 Å². The van der Waals surface area contributed by atoms with Crippen molar-refractivity contribution >= 4 is 10.8 Å². The number of hydrogen-bond acceptors (Lipinski definition) is 3. The van der Waals surface area contributed by atoms with Crippen LogP contribution >= 0.6 is 0 Å². The van der Waals surface area contributed by atoms with Gasteiger partial charge in [0.2, 0.25) is 0 Å². The largest absolute Gasteiger partial charge is 0.208 e. The van der Waals surface area contributed by atoms with Gasteiger partial charge in [-0.25, -0.2) is 15.0 Å². The van der Waals surface area contributed by atoms with E-state index in [9.17, 15) is 0 Å². The van der Waals surface area contributed by atoms with Gasteiger partial charge >= 0.3 is 0 Å². The van der Waals surface area contributed by atoms with E-state index in [0.717, 1.165) is 61.2 Å². The Balaban J connectivity index is 1.14. The first-order valence-corrected chi connectivity index (χ1v) is 19.6. The molecule has 0 bridgehead atoms. The topological polar surface area (TPSA) is 38.7 Å². The van der Waals surface area contributed by atoms with Gasteiger partial charge in [-0.05, 0) is 84.6 Å². The third-order valence-electron chi connectivity index (χ3n) is 10.8. The Kier molecular flexibility index (Phi) is 9.23. The standard InChI is InChI=1S/C55H37N3/c1-4-18-39(19-5-1)47-27-12-14-29-50(47)54-56-53(57-55(58-54)51-30-15-13-28-48(51)40-20-6-2-7-21-40)46-26-16-25-45(36-46)49-34-33-44(37-52(49)41-22-8-3-9-23-41)43-32-31-38-17-10-11-24-42(38)35-43/h1-37H. The van der Waals surface area contributed by atoms with Crippen molar-refractivity contribution in [2.24, 2.45) is 0 Å². The average Bonchev–Trinajstić information content (AvgIpc) is 3.32. The van der Waals surface area contributed by atoms with Crippen molar-refractivity contribution in [3.05, 3.63) is 224 Å². The number of fused-ring (bicyclic) bond motifs is 1. The summed E-state index contributed by atoms with van der Waals surface area (Å²) in [6.07, 6.45) is 0. The lowest BCUT2D eigenvalue weighted by Gasteiger charge is -2.15. The summed E-state index contributed by atoms with van der Waals surface area (Å²) in [6, 6.07) is 78.9. The van der Waals surface area contributed by atoms with E-state index in [-0.39, 0.29) is 0 Å². The van der Waals surface area contributed by atoms with Crippen LogP contribution in [0.15, 0.2) is 224 Å². The Bertz CT molecular complexity index is 2950. The molecule has 3 heteroatoms. The summed E-state index contributed by atoms with van der Waals surface area (Å²) in [4.78, 5) is 15.8. The summed E-state index contributed by atoms with van der Waals surface area (Å²) in [7, 11) is 0. The van der Waals surface area contributed by atoms with Gasteiger partial charge in [-0.3, -0.25) is 0 Å². The van der Waals surface area contributed by atoms with Crippen LogP contribution in [-0.2, 0) is 0 Å². The number of benzene rings is 9. The van der Waals surface area contributed by atoms with Crippen LogP contribution in [0.4, 0.5) is 0 Å². The SMILES string of the molecule is c1ccc(-c2cc(-c3ccc4ccccc4c3)ccc2-c2cccc(-c3nc(-c4ccccc4-c4ccccc4)nc(-c4ccccc4-c4ccccc4)n3)c2)cc1. The van der Waals surface area contributed by atoms with Crippen molar-refractivity contribution < 1.29 is 0 Å². The molecule has 0 aliphatic carbocycles. The van der Waals surface area contributed by atoms with E-state index in [1.165, 1.54) is 21.9 Å². The molecule has 1 aromatic heterocycles. The maximum Gasteiger partial charge on any atom is 0.164 e. The van der Waals surface area contributed by atoms with Crippen molar-refractivity contribution in [3.8, 4) is 89.8 Å². The fourth-order valence-corrected chi connectivity index (χ4v) is 7.87. The lowest BCUT2D eigenvalue weighted by atomic mass is 9.90. The molecule has 0 aliphatic heterocycles. The van der Waals surface area contributed by atoms with E-state index in [1.54, 1.807) is 0 Å². The molecule has 0 aliphatic rings. The van der Waals surface area contributed by atoms with Crippen LogP contribution in [0.1, 0.15) is 0 Å². The quantitative estimate of drug-likeness (QED) is 0.156. The predicted molar refractivity (Wildman–Crippen MR) is 241 cm³/mol. The Morgan fingerprint density at radius 1 is 0.190 bits per heavy atom. The molecule has 10 rings (SSSR count). The highest BCUT2D eigenvalue weighted by atomic mass is 15.0. The molecule has 0 atom stereocenters. The Hall–Kier alpha value is -7.75. The molecule has 0 radical (unpaired) electrons. The smallest absolute Gasteiger partial charge is 0.164 e. The van der Waals surface area contributed by atoms with Gasteiger partial charge in [-0.15, -0.1) is 0 Å². The van der Waals surface area contributed by atoms with Crippen LogP contribution in [0, 0.1) is 0 Å². The average molecular weight is 740 g/mol. The predicted octanol–water partition coefficient (Wildman–Crippen LogP) is 14.4. The molecule has 0 fully saturated rings. The highest BCUT2D eigenvalue weighted by Gasteiger charge is 2.19. The summed E-state index contributed by atoms with van der Waals surface area (Å²) >= 11 is 0. The van der Waals surface area contributed by atoms with Gasteiger partial charge < -0.3 is 0 Å². The highest BCUT2D eigenvalue weighted by molar-refractivity contribution is 5.92. The molecular weight excluding hydrogens is 703 g/mol. The zero-order valence-electron chi connectivity index (χ0n) is 31.7. The lowest BCUT2D eigenvalue weighted by Crippen LogP contribution is -2.02. The van der Waals surface area contributed by atoms with Crippen LogP contribution in [-0.4, -0.2) is 15.0 Å². The van der Waals surface area contributed by atoms with Crippen LogP contribution in [0.2, 0.25) is 0 Å². The normalized spacial score (nSPS) is 11.1. The monoisotopic (exact) mass is 739 g/mol. The fourth-order valence-electron chi connectivity index (χ4n) is 7.87. The first-order chi connectivity index (χ1) is 28.7. The van der Waals surface area contributed by atoms with Crippen molar-refractivity contribution in [2.75, 3.05) is 0 Å². The number of aromatic nitrogens is 3. The minimum Gasteiger partial charge on any atom is -0.208 e. The minimum atomic E-state index is 0.613. The molecule has 3 nitrogen and oxygen atoms in total. The lowest BCUT2D eigenvalue weighted by molar-refractivity contribution is 1.07. The van der Waals surface area contributed by atoms with E-state index in [2.05, 4.69) is 212 Å².